The molecule has 0 aliphatic carbocycles. The van der Waals surface area contributed by atoms with E-state index in [-0.39, 0.29) is 12.5 Å². The molecule has 2 heterocycles. The van der Waals surface area contributed by atoms with Crippen LogP contribution in [0.2, 0.25) is 0 Å². The topological polar surface area (TPSA) is 94.5 Å². The van der Waals surface area contributed by atoms with Crippen molar-refractivity contribution in [1.29, 1.82) is 0 Å². The van der Waals surface area contributed by atoms with E-state index in [9.17, 15) is 4.79 Å². The molecule has 0 aliphatic heterocycles. The second-order valence-electron chi connectivity index (χ2n) is 8.66. The van der Waals surface area contributed by atoms with Crippen LogP contribution in [0.5, 0.6) is 5.75 Å². The van der Waals surface area contributed by atoms with Crippen molar-refractivity contribution < 1.29 is 13.9 Å². The van der Waals surface area contributed by atoms with E-state index in [0.29, 0.717) is 21.8 Å². The van der Waals surface area contributed by atoms with Gasteiger partial charge >= 0.3 is 0 Å². The molecule has 1 amide bonds. The van der Waals surface area contributed by atoms with Crippen LogP contribution in [0, 0.1) is 0 Å². The fourth-order valence-electron chi connectivity index (χ4n) is 4.13. The highest BCUT2D eigenvalue weighted by molar-refractivity contribution is 7.99. The first-order valence-corrected chi connectivity index (χ1v) is 13.3. The molecule has 0 radical (unpaired) electrons. The van der Waals surface area contributed by atoms with Gasteiger partial charge in [0, 0.05) is 16.6 Å². The van der Waals surface area contributed by atoms with E-state index in [1.165, 1.54) is 18.0 Å². The summed E-state index contributed by atoms with van der Waals surface area (Å²) in [6, 6.07) is 37.0. The van der Waals surface area contributed by atoms with Gasteiger partial charge in [-0.15, -0.1) is 10.2 Å². The van der Waals surface area contributed by atoms with Gasteiger partial charge < -0.3 is 9.15 Å². The van der Waals surface area contributed by atoms with Gasteiger partial charge in [0.1, 0.15) is 11.5 Å². The number of hydrogen-bond donors (Lipinski definition) is 1. The number of aromatic nitrogens is 3. The largest absolute Gasteiger partial charge is 0.483 e. The quantitative estimate of drug-likeness (QED) is 0.168. The molecule has 196 valence electrons. The zero-order chi connectivity index (χ0) is 27.1. The van der Waals surface area contributed by atoms with Gasteiger partial charge in [0.15, 0.2) is 17.5 Å². The van der Waals surface area contributed by atoms with Gasteiger partial charge in [0.2, 0.25) is 5.16 Å². The van der Waals surface area contributed by atoms with Crippen molar-refractivity contribution in [3.63, 3.8) is 0 Å². The van der Waals surface area contributed by atoms with E-state index in [4.69, 9.17) is 9.15 Å². The Morgan fingerprint density at radius 3 is 2.48 bits per heavy atom. The Bertz CT molecular complexity index is 1780. The predicted octanol–water partition coefficient (Wildman–Crippen LogP) is 6.36. The summed E-state index contributed by atoms with van der Waals surface area (Å²) in [5, 5.41) is 16.1. The maximum atomic E-state index is 12.3. The highest BCUT2D eigenvalue weighted by Gasteiger charge is 2.18. The first-order valence-electron chi connectivity index (χ1n) is 12.5. The smallest absolute Gasteiger partial charge is 0.277 e. The molecule has 0 fully saturated rings. The number of amides is 1. The van der Waals surface area contributed by atoms with Crippen molar-refractivity contribution >= 4 is 34.7 Å². The maximum Gasteiger partial charge on any atom is 0.277 e. The molecule has 6 aromatic rings. The van der Waals surface area contributed by atoms with Crippen LogP contribution in [0.4, 0.5) is 0 Å². The van der Waals surface area contributed by atoms with Crippen LogP contribution < -0.4 is 10.2 Å². The normalized spacial score (nSPS) is 11.2. The third kappa shape index (κ3) is 5.64. The van der Waals surface area contributed by atoms with Crippen LogP contribution in [-0.4, -0.2) is 33.5 Å². The third-order valence-corrected chi connectivity index (χ3v) is 6.83. The van der Waals surface area contributed by atoms with Crippen molar-refractivity contribution in [1.82, 2.24) is 20.2 Å². The van der Waals surface area contributed by atoms with Crippen molar-refractivity contribution in [2.45, 2.75) is 10.2 Å². The minimum absolute atomic E-state index is 0.163. The molecule has 0 unspecified atom stereocenters. The van der Waals surface area contributed by atoms with E-state index in [2.05, 4.69) is 20.7 Å². The molecule has 2 aromatic heterocycles. The Morgan fingerprint density at radius 1 is 0.875 bits per heavy atom. The van der Waals surface area contributed by atoms with Crippen LogP contribution in [0.25, 0.3) is 27.8 Å². The van der Waals surface area contributed by atoms with Crippen LogP contribution >= 0.6 is 11.8 Å². The van der Waals surface area contributed by atoms with Crippen molar-refractivity contribution in [3.05, 3.63) is 121 Å². The second-order valence-corrected chi connectivity index (χ2v) is 9.63. The molecule has 4 aromatic carbocycles. The molecule has 0 spiro atoms. The van der Waals surface area contributed by atoms with Gasteiger partial charge in [-0.3, -0.25) is 9.36 Å². The zero-order valence-electron chi connectivity index (χ0n) is 21.2. The summed E-state index contributed by atoms with van der Waals surface area (Å²) in [4.78, 5) is 12.3. The Morgan fingerprint density at radius 2 is 1.62 bits per heavy atom. The first-order chi connectivity index (χ1) is 19.7. The van der Waals surface area contributed by atoms with E-state index >= 15 is 0 Å². The number of hydrogen-bond acceptors (Lipinski definition) is 7. The third-order valence-electron chi connectivity index (χ3n) is 5.96. The number of benzene rings is 4. The second kappa shape index (κ2) is 11.7. The molecule has 1 N–H and O–H groups in total. The van der Waals surface area contributed by atoms with E-state index in [1.807, 2.05) is 114 Å². The van der Waals surface area contributed by atoms with Crippen molar-refractivity contribution in [2.24, 2.45) is 5.10 Å². The molecule has 0 aliphatic rings. The summed E-state index contributed by atoms with van der Waals surface area (Å²) in [6.45, 7) is -0.163. The molecule has 6 rings (SSSR count). The number of ether oxygens (including phenoxy) is 1. The number of furan rings is 1. The molecule has 0 atom stereocenters. The summed E-state index contributed by atoms with van der Waals surface area (Å²) in [7, 11) is 0. The average Bonchev–Trinajstić information content (AvgIpc) is 3.64. The Kier molecular flexibility index (Phi) is 7.36. The summed E-state index contributed by atoms with van der Waals surface area (Å²) < 4.78 is 13.6. The number of rotatable bonds is 9. The van der Waals surface area contributed by atoms with Gasteiger partial charge in [0.05, 0.1) is 6.21 Å². The Labute approximate surface area is 234 Å². The fourth-order valence-corrected chi connectivity index (χ4v) is 4.95. The standard InChI is InChI=1S/C31H23N5O3S/c37-28(21-38-27-17-9-13-22-10-7-8-16-26(22)27)33-32-20-25-18-19-29(39-25)40-31-35-34-30(23-11-3-1-4-12-23)36(31)24-14-5-2-6-15-24/h1-20H,21H2,(H,33,37)/b32-20-. The predicted molar refractivity (Wildman–Crippen MR) is 155 cm³/mol. The van der Waals surface area contributed by atoms with Crippen LogP contribution in [0.15, 0.2) is 135 Å². The van der Waals surface area contributed by atoms with Crippen molar-refractivity contribution in [3.8, 4) is 22.8 Å². The highest BCUT2D eigenvalue weighted by Crippen LogP contribution is 2.33. The number of fused-ring (bicyclic) bond motifs is 1. The summed E-state index contributed by atoms with van der Waals surface area (Å²) >= 11 is 1.35. The van der Waals surface area contributed by atoms with Crippen LogP contribution in [0.3, 0.4) is 0 Å². The van der Waals surface area contributed by atoms with Gasteiger partial charge in [0.25, 0.3) is 5.91 Å². The monoisotopic (exact) mass is 545 g/mol. The molecule has 8 nitrogen and oxygen atoms in total. The minimum atomic E-state index is -0.380. The molecular weight excluding hydrogens is 522 g/mol. The first kappa shape index (κ1) is 25.1. The van der Waals surface area contributed by atoms with E-state index < -0.39 is 0 Å². The van der Waals surface area contributed by atoms with Gasteiger partial charge in [-0.05, 0) is 47.5 Å². The average molecular weight is 546 g/mol. The summed E-state index contributed by atoms with van der Waals surface area (Å²) in [5.74, 6) is 1.47. The van der Waals surface area contributed by atoms with E-state index in [1.54, 1.807) is 6.07 Å². The molecule has 9 heteroatoms. The Balaban J connectivity index is 1.11. The van der Waals surface area contributed by atoms with Gasteiger partial charge in [-0.1, -0.05) is 84.9 Å². The molecule has 0 saturated heterocycles. The lowest BCUT2D eigenvalue weighted by Crippen LogP contribution is -2.24. The minimum Gasteiger partial charge on any atom is -0.483 e. The number of carbonyl (C=O) groups excluding carboxylic acids is 1. The number of carbonyl (C=O) groups is 1. The summed E-state index contributed by atoms with van der Waals surface area (Å²) in [5.41, 5.74) is 4.37. The SMILES string of the molecule is O=C(COc1cccc2ccccc12)N/N=C\c1ccc(Sc2nnc(-c3ccccc3)n2-c2ccccc2)o1. The summed E-state index contributed by atoms with van der Waals surface area (Å²) in [6.07, 6.45) is 1.44. The van der Waals surface area contributed by atoms with Gasteiger partial charge in [-0.25, -0.2) is 5.43 Å². The number of para-hydroxylation sites is 1. The molecule has 0 saturated carbocycles. The van der Waals surface area contributed by atoms with Crippen LogP contribution in [-0.2, 0) is 4.79 Å². The Hall–Kier alpha value is -5.15. The fraction of sp³-hybridized carbons (Fsp3) is 0.0323. The maximum absolute atomic E-state index is 12.3. The lowest BCUT2D eigenvalue weighted by molar-refractivity contribution is -0.123. The van der Waals surface area contributed by atoms with E-state index in [0.717, 1.165) is 27.8 Å². The zero-order valence-corrected chi connectivity index (χ0v) is 22.0. The van der Waals surface area contributed by atoms with Crippen molar-refractivity contribution in [2.75, 3.05) is 6.61 Å². The number of nitrogens with zero attached hydrogens (tertiary/aromatic N) is 4. The van der Waals surface area contributed by atoms with Crippen LogP contribution in [0.1, 0.15) is 5.76 Å². The van der Waals surface area contributed by atoms with Gasteiger partial charge in [-0.2, -0.15) is 5.10 Å². The number of nitrogens with one attached hydrogen (secondary N) is 1. The molecular formula is C31H23N5O3S. The molecule has 40 heavy (non-hydrogen) atoms. The highest BCUT2D eigenvalue weighted by atomic mass is 32.2. The number of hydrazone groups is 1. The molecule has 0 bridgehead atoms. The lowest BCUT2D eigenvalue weighted by atomic mass is 10.1. The lowest BCUT2D eigenvalue weighted by Gasteiger charge is -2.09.